The summed E-state index contributed by atoms with van der Waals surface area (Å²) in [6, 6.07) is 9.39. The first-order valence-corrected chi connectivity index (χ1v) is 9.15. The summed E-state index contributed by atoms with van der Waals surface area (Å²) in [7, 11) is 2.04. The van der Waals surface area contributed by atoms with Gasteiger partial charge in [0.05, 0.1) is 18.3 Å². The summed E-state index contributed by atoms with van der Waals surface area (Å²) < 4.78 is 7.50. The van der Waals surface area contributed by atoms with Crippen molar-refractivity contribution in [1.82, 2.24) is 24.8 Å². The standard InChI is InChI=1S/C20H23N5O2/c1-3-27-18-13-24(2)12-17(18)23-20(26)15-7-4-6-14(10-15)16-11-22-25-9-5-8-21-19(16)25/h4-11,17-18H,3,12-13H2,1-2H3,(H,23,26)/t17-,18-/m0/s1. The molecule has 0 saturated carbocycles. The molecule has 1 saturated heterocycles. The van der Waals surface area contributed by atoms with Crippen LogP contribution >= 0.6 is 0 Å². The van der Waals surface area contributed by atoms with Gasteiger partial charge in [-0.05, 0) is 37.7 Å². The number of nitrogens with zero attached hydrogens (tertiary/aromatic N) is 4. The maximum atomic E-state index is 12.8. The molecule has 0 spiro atoms. The predicted octanol–water partition coefficient (Wildman–Crippen LogP) is 1.85. The van der Waals surface area contributed by atoms with Gasteiger partial charge in [-0.1, -0.05) is 12.1 Å². The average molecular weight is 365 g/mol. The summed E-state index contributed by atoms with van der Waals surface area (Å²) >= 11 is 0. The number of amides is 1. The molecule has 1 N–H and O–H groups in total. The number of carbonyl (C=O) groups excluding carboxylic acids is 1. The quantitative estimate of drug-likeness (QED) is 0.747. The van der Waals surface area contributed by atoms with E-state index in [1.807, 2.05) is 50.5 Å². The number of nitrogens with one attached hydrogen (secondary N) is 1. The fourth-order valence-corrected chi connectivity index (χ4v) is 3.59. The lowest BCUT2D eigenvalue weighted by molar-refractivity contribution is 0.0513. The molecular weight excluding hydrogens is 342 g/mol. The molecule has 0 aliphatic carbocycles. The monoisotopic (exact) mass is 365 g/mol. The smallest absolute Gasteiger partial charge is 0.251 e. The molecule has 0 radical (unpaired) electrons. The molecule has 3 heterocycles. The van der Waals surface area contributed by atoms with Gasteiger partial charge in [-0.2, -0.15) is 5.10 Å². The molecule has 27 heavy (non-hydrogen) atoms. The molecule has 3 aromatic rings. The van der Waals surface area contributed by atoms with E-state index in [-0.39, 0.29) is 18.1 Å². The van der Waals surface area contributed by atoms with Gasteiger partial charge in [0.2, 0.25) is 0 Å². The summed E-state index contributed by atoms with van der Waals surface area (Å²) in [5.41, 5.74) is 3.20. The van der Waals surface area contributed by atoms with Crippen molar-refractivity contribution in [2.24, 2.45) is 0 Å². The third kappa shape index (κ3) is 3.56. The lowest BCUT2D eigenvalue weighted by Gasteiger charge is -2.20. The number of benzene rings is 1. The molecule has 140 valence electrons. The Morgan fingerprint density at radius 3 is 3.07 bits per heavy atom. The molecule has 2 atom stereocenters. The molecule has 1 aromatic carbocycles. The molecule has 1 fully saturated rings. The van der Waals surface area contributed by atoms with Crippen LogP contribution in [0.4, 0.5) is 0 Å². The zero-order valence-electron chi connectivity index (χ0n) is 15.5. The zero-order chi connectivity index (χ0) is 18.8. The molecular formula is C20H23N5O2. The number of ether oxygens (including phenoxy) is 1. The van der Waals surface area contributed by atoms with E-state index in [0.29, 0.717) is 12.2 Å². The van der Waals surface area contributed by atoms with Crippen molar-refractivity contribution in [2.75, 3.05) is 26.7 Å². The topological polar surface area (TPSA) is 71.8 Å². The first-order chi connectivity index (χ1) is 13.2. The van der Waals surface area contributed by atoms with Gasteiger partial charge in [0, 0.05) is 43.2 Å². The van der Waals surface area contributed by atoms with E-state index in [1.165, 1.54) is 0 Å². The van der Waals surface area contributed by atoms with E-state index < -0.39 is 0 Å². The Bertz CT molecular complexity index is 954. The van der Waals surface area contributed by atoms with Crippen molar-refractivity contribution in [3.05, 3.63) is 54.5 Å². The first kappa shape index (κ1) is 17.6. The molecule has 1 amide bonds. The van der Waals surface area contributed by atoms with Crippen LogP contribution in [0.1, 0.15) is 17.3 Å². The Kier molecular flexibility index (Phi) is 4.87. The Balaban J connectivity index is 1.56. The number of rotatable bonds is 5. The lowest BCUT2D eigenvalue weighted by atomic mass is 10.0. The summed E-state index contributed by atoms with van der Waals surface area (Å²) in [6.45, 7) is 4.23. The number of likely N-dealkylation sites (tertiary alicyclic amines) is 1. The maximum Gasteiger partial charge on any atom is 0.251 e. The second-order valence-electron chi connectivity index (χ2n) is 6.82. The second kappa shape index (κ2) is 7.46. The minimum atomic E-state index is -0.0914. The molecule has 4 rings (SSSR count). The van der Waals surface area contributed by atoms with Gasteiger partial charge >= 0.3 is 0 Å². The number of carbonyl (C=O) groups is 1. The van der Waals surface area contributed by atoms with Crippen molar-refractivity contribution in [3.8, 4) is 11.1 Å². The van der Waals surface area contributed by atoms with Crippen molar-refractivity contribution in [3.63, 3.8) is 0 Å². The minimum absolute atomic E-state index is 0.00949. The van der Waals surface area contributed by atoms with Crippen LogP contribution in [-0.4, -0.2) is 64.3 Å². The molecule has 2 aromatic heterocycles. The highest BCUT2D eigenvalue weighted by Crippen LogP contribution is 2.24. The van der Waals surface area contributed by atoms with Gasteiger partial charge in [-0.3, -0.25) is 4.79 Å². The predicted molar refractivity (Wildman–Crippen MR) is 103 cm³/mol. The minimum Gasteiger partial charge on any atom is -0.375 e. The highest BCUT2D eigenvalue weighted by atomic mass is 16.5. The van der Waals surface area contributed by atoms with Crippen LogP contribution in [0.5, 0.6) is 0 Å². The zero-order valence-corrected chi connectivity index (χ0v) is 15.5. The van der Waals surface area contributed by atoms with Gasteiger partial charge in [-0.25, -0.2) is 9.50 Å². The second-order valence-corrected chi connectivity index (χ2v) is 6.82. The molecule has 1 aliphatic rings. The Labute approximate surface area is 158 Å². The first-order valence-electron chi connectivity index (χ1n) is 9.15. The van der Waals surface area contributed by atoms with E-state index in [4.69, 9.17) is 4.74 Å². The number of likely N-dealkylation sites (N-methyl/N-ethyl adjacent to an activating group) is 1. The Hall–Kier alpha value is -2.77. The van der Waals surface area contributed by atoms with Gasteiger partial charge in [0.1, 0.15) is 0 Å². The normalized spacial score (nSPS) is 20.2. The molecule has 0 unspecified atom stereocenters. The fraction of sp³-hybridized carbons (Fsp3) is 0.350. The summed E-state index contributed by atoms with van der Waals surface area (Å²) in [4.78, 5) is 19.4. The van der Waals surface area contributed by atoms with Gasteiger partial charge in [-0.15, -0.1) is 0 Å². The lowest BCUT2D eigenvalue weighted by Crippen LogP contribution is -2.43. The third-order valence-corrected chi connectivity index (χ3v) is 4.86. The van der Waals surface area contributed by atoms with E-state index in [0.717, 1.165) is 29.9 Å². The number of hydrogen-bond acceptors (Lipinski definition) is 5. The number of hydrogen-bond donors (Lipinski definition) is 1. The molecule has 7 nitrogen and oxygen atoms in total. The van der Waals surface area contributed by atoms with Crippen molar-refractivity contribution < 1.29 is 9.53 Å². The third-order valence-electron chi connectivity index (χ3n) is 4.86. The summed E-state index contributed by atoms with van der Waals surface area (Å²) in [6.07, 6.45) is 5.39. The van der Waals surface area contributed by atoms with Crippen LogP contribution in [0.2, 0.25) is 0 Å². The van der Waals surface area contributed by atoms with Gasteiger partial charge in [0.15, 0.2) is 5.65 Å². The van der Waals surface area contributed by atoms with E-state index in [2.05, 4.69) is 20.3 Å². The van der Waals surface area contributed by atoms with E-state index >= 15 is 0 Å². The van der Waals surface area contributed by atoms with Crippen LogP contribution < -0.4 is 5.32 Å². The van der Waals surface area contributed by atoms with Crippen molar-refractivity contribution in [2.45, 2.75) is 19.1 Å². The van der Waals surface area contributed by atoms with Crippen LogP contribution in [0.25, 0.3) is 16.8 Å². The van der Waals surface area contributed by atoms with Crippen molar-refractivity contribution >= 4 is 11.6 Å². The summed E-state index contributed by atoms with van der Waals surface area (Å²) in [5, 5.41) is 7.45. The van der Waals surface area contributed by atoms with E-state index in [9.17, 15) is 4.79 Å². The van der Waals surface area contributed by atoms with Crippen LogP contribution in [0, 0.1) is 0 Å². The van der Waals surface area contributed by atoms with E-state index in [1.54, 1.807) is 16.9 Å². The van der Waals surface area contributed by atoms with Crippen LogP contribution in [0.3, 0.4) is 0 Å². The average Bonchev–Trinajstić information content (AvgIpc) is 3.25. The molecule has 0 bridgehead atoms. The maximum absolute atomic E-state index is 12.8. The van der Waals surface area contributed by atoms with Gasteiger partial charge < -0.3 is 15.0 Å². The SMILES string of the molecule is CCO[C@H]1CN(C)C[C@@H]1NC(=O)c1cccc(-c2cnn3cccnc23)c1. The molecule has 1 aliphatic heterocycles. The van der Waals surface area contributed by atoms with Crippen LogP contribution in [-0.2, 0) is 4.74 Å². The highest BCUT2D eigenvalue weighted by molar-refractivity contribution is 5.96. The number of fused-ring (bicyclic) bond motifs is 1. The summed E-state index contributed by atoms with van der Waals surface area (Å²) in [5.74, 6) is -0.0914. The van der Waals surface area contributed by atoms with Crippen LogP contribution in [0.15, 0.2) is 48.9 Å². The Morgan fingerprint density at radius 1 is 1.33 bits per heavy atom. The van der Waals surface area contributed by atoms with Gasteiger partial charge in [0.25, 0.3) is 5.91 Å². The molecule has 7 heteroatoms. The number of aromatic nitrogens is 3. The fourth-order valence-electron chi connectivity index (χ4n) is 3.59. The Morgan fingerprint density at radius 2 is 2.22 bits per heavy atom. The largest absolute Gasteiger partial charge is 0.375 e. The highest BCUT2D eigenvalue weighted by Gasteiger charge is 2.32. The van der Waals surface area contributed by atoms with Crippen molar-refractivity contribution in [1.29, 1.82) is 0 Å².